The van der Waals surface area contributed by atoms with Crippen molar-refractivity contribution in [2.24, 2.45) is 0 Å². The summed E-state index contributed by atoms with van der Waals surface area (Å²) in [4.78, 5) is 18.9. The first-order chi connectivity index (χ1) is 17.8. The number of ether oxygens (including phenoxy) is 1. The molecule has 1 aliphatic rings. The quantitative estimate of drug-likeness (QED) is 0.225. The Morgan fingerprint density at radius 1 is 1.22 bits per heavy atom. The van der Waals surface area contributed by atoms with Crippen LogP contribution in [0.5, 0.6) is 5.75 Å². The molecule has 0 fully saturated rings. The van der Waals surface area contributed by atoms with E-state index in [1.165, 1.54) is 31.0 Å². The van der Waals surface area contributed by atoms with Crippen molar-refractivity contribution >= 4 is 24.8 Å². The van der Waals surface area contributed by atoms with Crippen LogP contribution in [0.1, 0.15) is 41.8 Å². The van der Waals surface area contributed by atoms with Crippen LogP contribution >= 0.6 is 0 Å². The molecule has 0 saturated heterocycles. The predicted octanol–water partition coefficient (Wildman–Crippen LogP) is 4.63. The Bertz CT molecular complexity index is 1390. The number of fused-ring (bicyclic) bond motifs is 2. The highest BCUT2D eigenvalue weighted by Crippen LogP contribution is 2.29. The van der Waals surface area contributed by atoms with Gasteiger partial charge in [-0.2, -0.15) is 0 Å². The lowest BCUT2D eigenvalue weighted by atomic mass is 9.70. The normalized spacial score (nSPS) is 14.1. The molecule has 37 heavy (non-hydrogen) atoms. The maximum absolute atomic E-state index is 13.2. The van der Waals surface area contributed by atoms with Crippen LogP contribution in [0.2, 0.25) is 6.32 Å². The SMILES string of the molecule is CC1C[B]c2c1cc(CCNC=O)nc2-c1ccc(F)cc1.COc1cc(C)cn2cc(C(F)F)nc12. The van der Waals surface area contributed by atoms with Crippen molar-refractivity contribution < 1.29 is 22.7 Å². The van der Waals surface area contributed by atoms with Crippen LogP contribution in [0.15, 0.2) is 48.8 Å². The number of pyridine rings is 2. The number of imidazole rings is 1. The third-order valence-electron chi connectivity index (χ3n) is 6.19. The van der Waals surface area contributed by atoms with Gasteiger partial charge in [0.25, 0.3) is 6.43 Å². The molecule has 4 aromatic rings. The molecule has 4 heterocycles. The van der Waals surface area contributed by atoms with Crippen molar-refractivity contribution in [1.82, 2.24) is 19.7 Å². The molecule has 5 rings (SSSR count). The molecule has 191 valence electrons. The average molecular weight is 507 g/mol. The number of nitrogens with one attached hydrogen (secondary N) is 1. The summed E-state index contributed by atoms with van der Waals surface area (Å²) in [6.07, 6.45) is 2.88. The van der Waals surface area contributed by atoms with Gasteiger partial charge in [0, 0.05) is 31.1 Å². The molecule has 0 bridgehead atoms. The first-order valence-electron chi connectivity index (χ1n) is 11.9. The van der Waals surface area contributed by atoms with E-state index in [-0.39, 0.29) is 11.5 Å². The summed E-state index contributed by atoms with van der Waals surface area (Å²) in [5.74, 6) is 0.723. The fourth-order valence-corrected chi connectivity index (χ4v) is 4.37. The molecule has 1 atom stereocenters. The van der Waals surface area contributed by atoms with Gasteiger partial charge in [0.15, 0.2) is 18.7 Å². The van der Waals surface area contributed by atoms with E-state index >= 15 is 0 Å². The highest BCUT2D eigenvalue weighted by atomic mass is 19.3. The van der Waals surface area contributed by atoms with Gasteiger partial charge in [-0.1, -0.05) is 18.7 Å². The van der Waals surface area contributed by atoms with Crippen LogP contribution in [0.3, 0.4) is 0 Å². The van der Waals surface area contributed by atoms with E-state index in [1.54, 1.807) is 28.8 Å². The van der Waals surface area contributed by atoms with Gasteiger partial charge < -0.3 is 14.5 Å². The van der Waals surface area contributed by atoms with Gasteiger partial charge in [0.05, 0.1) is 12.8 Å². The molecule has 0 saturated carbocycles. The fourth-order valence-electron chi connectivity index (χ4n) is 4.37. The topological polar surface area (TPSA) is 68.5 Å². The van der Waals surface area contributed by atoms with Gasteiger partial charge in [0.2, 0.25) is 6.41 Å². The average Bonchev–Trinajstić information content (AvgIpc) is 3.48. The zero-order chi connectivity index (χ0) is 26.5. The van der Waals surface area contributed by atoms with Crippen LogP contribution in [-0.2, 0) is 11.2 Å². The number of aromatic nitrogens is 3. The summed E-state index contributed by atoms with van der Waals surface area (Å²) in [7, 11) is 3.70. The third kappa shape index (κ3) is 5.95. The van der Waals surface area contributed by atoms with E-state index in [0.717, 1.165) is 34.3 Å². The van der Waals surface area contributed by atoms with Gasteiger partial charge >= 0.3 is 0 Å². The zero-order valence-corrected chi connectivity index (χ0v) is 20.8. The number of carbonyl (C=O) groups excluding carboxylic acids is 1. The molecule has 1 amide bonds. The molecule has 1 aromatic carbocycles. The summed E-state index contributed by atoms with van der Waals surface area (Å²) in [6, 6.07) is 10.3. The second-order valence-electron chi connectivity index (χ2n) is 8.92. The smallest absolute Gasteiger partial charge is 0.281 e. The van der Waals surface area contributed by atoms with Gasteiger partial charge in [-0.25, -0.2) is 18.2 Å². The van der Waals surface area contributed by atoms with Crippen molar-refractivity contribution in [3.63, 3.8) is 0 Å². The number of amides is 1. The fraction of sp³-hybridized carbons (Fsp3) is 0.296. The third-order valence-corrected chi connectivity index (χ3v) is 6.19. The first kappa shape index (κ1) is 26.3. The Labute approximate surface area is 214 Å². The molecule has 1 radical (unpaired) electrons. The van der Waals surface area contributed by atoms with E-state index in [9.17, 15) is 18.0 Å². The highest BCUT2D eigenvalue weighted by molar-refractivity contribution is 6.57. The van der Waals surface area contributed by atoms with Gasteiger partial charge in [-0.15, -0.1) is 0 Å². The highest BCUT2D eigenvalue weighted by Gasteiger charge is 2.24. The molecular weight excluding hydrogens is 480 g/mol. The van der Waals surface area contributed by atoms with Gasteiger partial charge in [0.1, 0.15) is 11.5 Å². The molecule has 6 nitrogen and oxygen atoms in total. The van der Waals surface area contributed by atoms with E-state index in [2.05, 4.69) is 30.6 Å². The number of methoxy groups -OCH3 is 1. The Hall–Kier alpha value is -3.82. The van der Waals surface area contributed by atoms with E-state index in [4.69, 9.17) is 9.72 Å². The summed E-state index contributed by atoms with van der Waals surface area (Å²) in [6.45, 7) is 4.63. The van der Waals surface area contributed by atoms with E-state index in [0.29, 0.717) is 36.7 Å². The molecule has 0 aliphatic carbocycles. The standard InChI is InChI=1S/C17H17BFN2O.C10H10F2N2O/c1-11-9-18-16-15(11)8-14(6-7-20-10-22)21-17(16)12-2-4-13(19)5-3-12;1-6-3-8(15-2)10-13-7(9(11)12)5-14(10)4-6/h2-5,8,10-11H,6-7,9H2,1H3,(H,20,22);3-5,9H,1-2H3. The van der Waals surface area contributed by atoms with Gasteiger partial charge in [-0.05, 0) is 65.9 Å². The Morgan fingerprint density at radius 2 is 1.97 bits per heavy atom. The molecule has 1 aliphatic heterocycles. The predicted molar refractivity (Wildman–Crippen MR) is 137 cm³/mol. The maximum atomic E-state index is 13.2. The molecule has 3 aromatic heterocycles. The summed E-state index contributed by atoms with van der Waals surface area (Å²) < 4.78 is 44.6. The van der Waals surface area contributed by atoms with E-state index < -0.39 is 6.43 Å². The Morgan fingerprint density at radius 3 is 2.65 bits per heavy atom. The molecule has 10 heteroatoms. The number of rotatable bonds is 7. The largest absolute Gasteiger partial charge is 0.493 e. The maximum Gasteiger partial charge on any atom is 0.281 e. The van der Waals surface area contributed by atoms with Crippen molar-refractivity contribution in [3.8, 4) is 17.0 Å². The molecular formula is C27H27BF3N4O2. The monoisotopic (exact) mass is 507 g/mol. The van der Waals surface area contributed by atoms with Crippen molar-refractivity contribution in [2.45, 2.75) is 38.9 Å². The molecule has 0 spiro atoms. The molecule has 1 N–H and O–H groups in total. The summed E-state index contributed by atoms with van der Waals surface area (Å²) in [5.41, 5.74) is 6.34. The van der Waals surface area contributed by atoms with E-state index in [1.807, 2.05) is 6.92 Å². The number of halogens is 3. The lowest BCUT2D eigenvalue weighted by molar-refractivity contribution is -0.109. The Kier molecular flexibility index (Phi) is 8.16. The lowest BCUT2D eigenvalue weighted by Crippen LogP contribution is -2.20. The van der Waals surface area contributed by atoms with Crippen molar-refractivity contribution in [1.29, 1.82) is 0 Å². The number of alkyl halides is 2. The van der Waals surface area contributed by atoms with Crippen molar-refractivity contribution in [2.75, 3.05) is 13.7 Å². The Balaban J connectivity index is 0.000000186. The van der Waals surface area contributed by atoms with Gasteiger partial charge in [-0.3, -0.25) is 9.78 Å². The number of nitrogens with zero attached hydrogens (tertiary/aromatic N) is 3. The second kappa shape index (κ2) is 11.5. The van der Waals surface area contributed by atoms with Crippen LogP contribution in [-0.4, -0.2) is 41.7 Å². The minimum atomic E-state index is -2.56. The number of hydrogen-bond donors (Lipinski definition) is 1. The van der Waals surface area contributed by atoms with Crippen LogP contribution in [0, 0.1) is 12.7 Å². The minimum Gasteiger partial charge on any atom is -0.493 e. The molecule has 1 unspecified atom stereocenters. The number of carbonyl (C=O) groups is 1. The van der Waals surface area contributed by atoms with Crippen LogP contribution in [0.4, 0.5) is 13.2 Å². The number of hydrogen-bond acceptors (Lipinski definition) is 4. The number of aryl methyl sites for hydroxylation is 1. The zero-order valence-electron chi connectivity index (χ0n) is 20.8. The summed E-state index contributed by atoms with van der Waals surface area (Å²) >= 11 is 0. The summed E-state index contributed by atoms with van der Waals surface area (Å²) in [5, 5.41) is 2.66. The van der Waals surface area contributed by atoms with Crippen molar-refractivity contribution in [3.05, 3.63) is 77.1 Å². The number of benzene rings is 1. The van der Waals surface area contributed by atoms with Crippen LogP contribution < -0.4 is 15.5 Å². The van der Waals surface area contributed by atoms with Crippen LogP contribution in [0.25, 0.3) is 16.9 Å². The second-order valence-corrected chi connectivity index (χ2v) is 8.92. The first-order valence-corrected chi connectivity index (χ1v) is 11.9. The lowest BCUT2D eigenvalue weighted by Gasteiger charge is -2.13. The minimum absolute atomic E-state index is 0.237.